The van der Waals surface area contributed by atoms with E-state index in [0.29, 0.717) is 24.2 Å². The number of hydrogen-bond acceptors (Lipinski definition) is 3. The van der Waals surface area contributed by atoms with Gasteiger partial charge in [0.25, 0.3) is 5.91 Å². The third kappa shape index (κ3) is 6.56. The quantitative estimate of drug-likeness (QED) is 0.533. The molecule has 1 aliphatic rings. The Labute approximate surface area is 186 Å². The second kappa shape index (κ2) is 11.0. The van der Waals surface area contributed by atoms with Gasteiger partial charge in [0.1, 0.15) is 0 Å². The van der Waals surface area contributed by atoms with Crippen LogP contribution in [0.2, 0.25) is 0 Å². The highest BCUT2D eigenvalue weighted by Crippen LogP contribution is 2.20. The zero-order valence-corrected chi connectivity index (χ0v) is 19.1. The molecule has 1 aliphatic heterocycles. The molecule has 1 saturated heterocycles. The summed E-state index contributed by atoms with van der Waals surface area (Å²) in [6.45, 7) is 7.75. The van der Waals surface area contributed by atoms with Gasteiger partial charge in [0.2, 0.25) is 0 Å². The van der Waals surface area contributed by atoms with Crippen LogP contribution in [0.15, 0.2) is 59.6 Å². The predicted octanol–water partition coefficient (Wildman–Crippen LogP) is 3.11. The highest BCUT2D eigenvalue weighted by molar-refractivity contribution is 5.93. The minimum Gasteiger partial charge on any atom is -0.357 e. The summed E-state index contributed by atoms with van der Waals surface area (Å²) >= 11 is 0. The van der Waals surface area contributed by atoms with E-state index in [4.69, 9.17) is 4.99 Å². The number of nitrogens with one attached hydrogen (secondary N) is 2. The van der Waals surface area contributed by atoms with Gasteiger partial charge in [0, 0.05) is 51.4 Å². The van der Waals surface area contributed by atoms with Crippen molar-refractivity contribution in [1.82, 2.24) is 20.4 Å². The Hall–Kier alpha value is -2.86. The van der Waals surface area contributed by atoms with Crippen molar-refractivity contribution in [1.29, 1.82) is 0 Å². The number of nitrogens with zero attached hydrogens (tertiary/aromatic N) is 3. The molecule has 0 aromatic heterocycles. The van der Waals surface area contributed by atoms with E-state index in [1.165, 1.54) is 5.56 Å². The second-order valence-corrected chi connectivity index (χ2v) is 8.43. The number of carbonyl (C=O) groups excluding carboxylic acids is 1. The third-order valence-corrected chi connectivity index (χ3v) is 5.64. The molecule has 2 aromatic carbocycles. The molecule has 0 spiro atoms. The fourth-order valence-electron chi connectivity index (χ4n) is 3.94. The predicted molar refractivity (Wildman–Crippen MR) is 127 cm³/mol. The molecular formula is C25H35N5O. The molecule has 1 heterocycles. The van der Waals surface area contributed by atoms with Crippen LogP contribution in [0, 0.1) is 0 Å². The molecule has 2 N–H and O–H groups in total. The van der Waals surface area contributed by atoms with Crippen LogP contribution in [-0.4, -0.2) is 60.9 Å². The summed E-state index contributed by atoms with van der Waals surface area (Å²) in [5.74, 6) is 0.857. The minimum absolute atomic E-state index is 0.0143. The zero-order valence-electron chi connectivity index (χ0n) is 19.1. The van der Waals surface area contributed by atoms with Gasteiger partial charge in [-0.25, -0.2) is 4.99 Å². The van der Waals surface area contributed by atoms with Crippen LogP contribution in [0.4, 0.5) is 0 Å². The summed E-state index contributed by atoms with van der Waals surface area (Å²) < 4.78 is 0. The van der Waals surface area contributed by atoms with Crippen molar-refractivity contribution in [2.45, 2.75) is 45.4 Å². The number of likely N-dealkylation sites (tertiary alicyclic amines) is 1. The molecule has 0 radical (unpaired) electrons. The lowest BCUT2D eigenvalue weighted by Gasteiger charge is -2.21. The number of carbonyl (C=O) groups is 1. The molecule has 31 heavy (non-hydrogen) atoms. The van der Waals surface area contributed by atoms with Gasteiger partial charge in [-0.3, -0.25) is 9.69 Å². The van der Waals surface area contributed by atoms with Gasteiger partial charge in [-0.15, -0.1) is 0 Å². The topological polar surface area (TPSA) is 60.0 Å². The van der Waals surface area contributed by atoms with Crippen molar-refractivity contribution in [3.63, 3.8) is 0 Å². The SMILES string of the molecule is CCNC(=NCc1ccc(C(=O)N(C)C)cc1)NC1CC(C)N(Cc2ccccc2)C1. The van der Waals surface area contributed by atoms with E-state index < -0.39 is 0 Å². The lowest BCUT2D eigenvalue weighted by Crippen LogP contribution is -2.44. The van der Waals surface area contributed by atoms with Crippen LogP contribution in [0.5, 0.6) is 0 Å². The first-order valence-corrected chi connectivity index (χ1v) is 11.1. The first-order chi connectivity index (χ1) is 15.0. The van der Waals surface area contributed by atoms with Crippen LogP contribution in [0.1, 0.15) is 41.8 Å². The maximum absolute atomic E-state index is 12.0. The van der Waals surface area contributed by atoms with Crippen molar-refractivity contribution >= 4 is 11.9 Å². The second-order valence-electron chi connectivity index (χ2n) is 8.43. The lowest BCUT2D eigenvalue weighted by molar-refractivity contribution is 0.0827. The molecule has 6 heteroatoms. The smallest absolute Gasteiger partial charge is 0.253 e. The Morgan fingerprint density at radius 3 is 2.45 bits per heavy atom. The van der Waals surface area contributed by atoms with Crippen molar-refractivity contribution in [2.24, 2.45) is 4.99 Å². The van der Waals surface area contributed by atoms with Crippen LogP contribution in [-0.2, 0) is 13.1 Å². The number of guanidine groups is 1. The van der Waals surface area contributed by atoms with Crippen molar-refractivity contribution in [3.8, 4) is 0 Å². The highest BCUT2D eigenvalue weighted by Gasteiger charge is 2.29. The summed E-state index contributed by atoms with van der Waals surface area (Å²) in [5.41, 5.74) is 3.13. The monoisotopic (exact) mass is 421 g/mol. The molecule has 2 unspecified atom stereocenters. The number of rotatable bonds is 7. The summed E-state index contributed by atoms with van der Waals surface area (Å²) in [7, 11) is 3.53. The van der Waals surface area contributed by atoms with E-state index in [-0.39, 0.29) is 5.91 Å². The first-order valence-electron chi connectivity index (χ1n) is 11.1. The van der Waals surface area contributed by atoms with Crippen molar-refractivity contribution in [2.75, 3.05) is 27.2 Å². The number of amides is 1. The summed E-state index contributed by atoms with van der Waals surface area (Å²) in [4.78, 5) is 20.9. The third-order valence-electron chi connectivity index (χ3n) is 5.64. The summed E-state index contributed by atoms with van der Waals surface area (Å²) in [6.07, 6.45) is 1.10. The molecule has 2 aromatic rings. The van der Waals surface area contributed by atoms with Crippen LogP contribution >= 0.6 is 0 Å². The van der Waals surface area contributed by atoms with E-state index in [9.17, 15) is 4.79 Å². The van der Waals surface area contributed by atoms with Crippen LogP contribution < -0.4 is 10.6 Å². The Kier molecular flexibility index (Phi) is 8.06. The van der Waals surface area contributed by atoms with E-state index >= 15 is 0 Å². The summed E-state index contributed by atoms with van der Waals surface area (Å²) in [6, 6.07) is 19.2. The van der Waals surface area contributed by atoms with Gasteiger partial charge >= 0.3 is 0 Å². The molecular weight excluding hydrogens is 386 g/mol. The normalized spacial score (nSPS) is 19.3. The van der Waals surface area contributed by atoms with Crippen LogP contribution in [0.3, 0.4) is 0 Å². The molecule has 6 nitrogen and oxygen atoms in total. The Morgan fingerprint density at radius 1 is 1.10 bits per heavy atom. The number of benzene rings is 2. The average molecular weight is 422 g/mol. The fourth-order valence-corrected chi connectivity index (χ4v) is 3.94. The molecule has 0 saturated carbocycles. The fraction of sp³-hybridized carbons (Fsp3) is 0.440. The number of aliphatic imine (C=N–C) groups is 1. The van der Waals surface area contributed by atoms with Gasteiger partial charge in [-0.2, -0.15) is 0 Å². The molecule has 2 atom stereocenters. The highest BCUT2D eigenvalue weighted by atomic mass is 16.2. The van der Waals surface area contributed by atoms with Crippen molar-refractivity contribution in [3.05, 3.63) is 71.3 Å². The van der Waals surface area contributed by atoms with E-state index in [0.717, 1.165) is 37.6 Å². The summed E-state index contributed by atoms with van der Waals surface area (Å²) in [5, 5.41) is 6.98. The average Bonchev–Trinajstić information content (AvgIpc) is 3.11. The van der Waals surface area contributed by atoms with E-state index in [1.54, 1.807) is 19.0 Å². The molecule has 1 amide bonds. The zero-order chi connectivity index (χ0) is 22.2. The van der Waals surface area contributed by atoms with Crippen molar-refractivity contribution < 1.29 is 4.79 Å². The molecule has 3 rings (SSSR count). The first kappa shape index (κ1) is 22.8. The Balaban J connectivity index is 1.58. The molecule has 0 aliphatic carbocycles. The maximum atomic E-state index is 12.0. The maximum Gasteiger partial charge on any atom is 0.253 e. The van der Waals surface area contributed by atoms with Gasteiger partial charge in [0.15, 0.2) is 5.96 Å². The molecule has 166 valence electrons. The Bertz CT molecular complexity index is 863. The van der Waals surface area contributed by atoms with E-state index in [1.807, 2.05) is 24.3 Å². The minimum atomic E-state index is 0.0143. The largest absolute Gasteiger partial charge is 0.357 e. The van der Waals surface area contributed by atoms with Crippen LogP contribution in [0.25, 0.3) is 0 Å². The standard InChI is InChI=1S/C25H35N5O/c1-5-26-25(27-16-20-11-13-22(14-12-20)24(31)29(3)4)28-23-15-19(2)30(18-23)17-21-9-7-6-8-10-21/h6-14,19,23H,5,15-18H2,1-4H3,(H2,26,27,28). The van der Waals surface area contributed by atoms with Gasteiger partial charge in [0.05, 0.1) is 6.54 Å². The molecule has 0 bridgehead atoms. The molecule has 1 fully saturated rings. The number of hydrogen-bond donors (Lipinski definition) is 2. The van der Waals surface area contributed by atoms with Gasteiger partial charge in [-0.1, -0.05) is 42.5 Å². The lowest BCUT2D eigenvalue weighted by atomic mass is 10.1. The van der Waals surface area contributed by atoms with E-state index in [2.05, 4.69) is 59.7 Å². The Morgan fingerprint density at radius 2 is 1.81 bits per heavy atom. The van der Waals surface area contributed by atoms with Gasteiger partial charge < -0.3 is 15.5 Å². The van der Waals surface area contributed by atoms with Gasteiger partial charge in [-0.05, 0) is 43.5 Å².